The summed E-state index contributed by atoms with van der Waals surface area (Å²) in [5, 5.41) is 0. The minimum Gasteiger partial charge on any atom is -0.261 e. The maximum absolute atomic E-state index is 4.52. The Bertz CT molecular complexity index is 473. The van der Waals surface area contributed by atoms with E-state index in [0.717, 1.165) is 32.1 Å². The Morgan fingerprint density at radius 2 is 1.26 bits per heavy atom. The summed E-state index contributed by atoms with van der Waals surface area (Å²) < 4.78 is 0. The van der Waals surface area contributed by atoms with Gasteiger partial charge < -0.3 is 0 Å². The standard InChI is InChI=1S/C17H22N2/c1-3-7-16-14(9-5-11-18-16)13-15-10-6-12-19-17(15)8-4-2/h5-6,9-12H,3-4,7-8,13H2,1-2H3. The second-order valence-corrected chi connectivity index (χ2v) is 4.90. The molecule has 0 aliphatic rings. The van der Waals surface area contributed by atoms with Crippen molar-refractivity contribution in [2.45, 2.75) is 46.0 Å². The van der Waals surface area contributed by atoms with Gasteiger partial charge in [-0.25, -0.2) is 0 Å². The molecule has 2 heteroatoms. The normalized spacial score (nSPS) is 10.6. The van der Waals surface area contributed by atoms with Gasteiger partial charge in [-0.1, -0.05) is 38.8 Å². The fourth-order valence-corrected chi connectivity index (χ4v) is 2.39. The van der Waals surface area contributed by atoms with Crippen molar-refractivity contribution >= 4 is 0 Å². The van der Waals surface area contributed by atoms with E-state index in [0.29, 0.717) is 0 Å². The van der Waals surface area contributed by atoms with Crippen LogP contribution in [0.5, 0.6) is 0 Å². The van der Waals surface area contributed by atoms with Gasteiger partial charge in [0.15, 0.2) is 0 Å². The van der Waals surface area contributed by atoms with Crippen LogP contribution < -0.4 is 0 Å². The van der Waals surface area contributed by atoms with Gasteiger partial charge >= 0.3 is 0 Å². The molecule has 0 N–H and O–H groups in total. The maximum atomic E-state index is 4.52. The second kappa shape index (κ2) is 7.03. The van der Waals surface area contributed by atoms with E-state index in [1.165, 1.54) is 22.5 Å². The minimum absolute atomic E-state index is 0.951. The van der Waals surface area contributed by atoms with Crippen molar-refractivity contribution in [3.05, 3.63) is 59.2 Å². The molecule has 100 valence electrons. The highest BCUT2D eigenvalue weighted by molar-refractivity contribution is 5.31. The van der Waals surface area contributed by atoms with Gasteiger partial charge in [0.2, 0.25) is 0 Å². The van der Waals surface area contributed by atoms with Crippen molar-refractivity contribution in [3.8, 4) is 0 Å². The summed E-state index contributed by atoms with van der Waals surface area (Å²) in [6.45, 7) is 4.40. The van der Waals surface area contributed by atoms with Crippen LogP contribution in [0.2, 0.25) is 0 Å². The van der Waals surface area contributed by atoms with Gasteiger partial charge in [0, 0.05) is 30.2 Å². The van der Waals surface area contributed by atoms with Gasteiger partial charge in [-0.15, -0.1) is 0 Å². The molecule has 0 aliphatic heterocycles. The van der Waals surface area contributed by atoms with E-state index in [1.54, 1.807) is 0 Å². The predicted octanol–water partition coefficient (Wildman–Crippen LogP) is 3.97. The van der Waals surface area contributed by atoms with E-state index in [4.69, 9.17) is 0 Å². The predicted molar refractivity (Wildman–Crippen MR) is 79.3 cm³/mol. The summed E-state index contributed by atoms with van der Waals surface area (Å²) in [5.74, 6) is 0. The number of aromatic nitrogens is 2. The van der Waals surface area contributed by atoms with Gasteiger partial charge in [-0.2, -0.15) is 0 Å². The van der Waals surface area contributed by atoms with Crippen LogP contribution in [0.15, 0.2) is 36.7 Å². The molecule has 0 spiro atoms. The van der Waals surface area contributed by atoms with Crippen LogP contribution in [0.4, 0.5) is 0 Å². The molecule has 2 aromatic rings. The summed E-state index contributed by atoms with van der Waals surface area (Å²) in [4.78, 5) is 9.04. The van der Waals surface area contributed by atoms with Crippen LogP contribution in [-0.4, -0.2) is 9.97 Å². The highest BCUT2D eigenvalue weighted by Gasteiger charge is 2.07. The lowest BCUT2D eigenvalue weighted by Crippen LogP contribution is -2.02. The molecule has 0 saturated carbocycles. The molecule has 0 fully saturated rings. The zero-order valence-corrected chi connectivity index (χ0v) is 11.9. The number of rotatable bonds is 6. The summed E-state index contributed by atoms with van der Waals surface area (Å²) >= 11 is 0. The average molecular weight is 254 g/mol. The molecule has 0 amide bonds. The zero-order valence-electron chi connectivity index (χ0n) is 11.9. The molecule has 2 rings (SSSR count). The SMILES string of the molecule is CCCc1ncccc1Cc1cccnc1CCC. The van der Waals surface area contributed by atoms with Crippen LogP contribution in [0, 0.1) is 0 Å². The topological polar surface area (TPSA) is 25.8 Å². The number of hydrogen-bond donors (Lipinski definition) is 0. The monoisotopic (exact) mass is 254 g/mol. The number of nitrogens with zero attached hydrogens (tertiary/aromatic N) is 2. The minimum atomic E-state index is 0.951. The van der Waals surface area contributed by atoms with Gasteiger partial charge in [0.05, 0.1) is 0 Å². The second-order valence-electron chi connectivity index (χ2n) is 4.90. The molecule has 0 bridgehead atoms. The number of hydrogen-bond acceptors (Lipinski definition) is 2. The largest absolute Gasteiger partial charge is 0.261 e. The summed E-state index contributed by atoms with van der Waals surface area (Å²) in [6.07, 6.45) is 9.12. The van der Waals surface area contributed by atoms with Crippen molar-refractivity contribution in [3.63, 3.8) is 0 Å². The first-order valence-electron chi connectivity index (χ1n) is 7.20. The van der Waals surface area contributed by atoms with Gasteiger partial charge in [-0.05, 0) is 36.1 Å². The lowest BCUT2D eigenvalue weighted by molar-refractivity contribution is 0.842. The average Bonchev–Trinajstić information content (AvgIpc) is 2.44. The molecule has 2 nitrogen and oxygen atoms in total. The molecule has 0 aromatic carbocycles. The Balaban J connectivity index is 2.25. The summed E-state index contributed by atoms with van der Waals surface area (Å²) in [7, 11) is 0. The summed E-state index contributed by atoms with van der Waals surface area (Å²) in [5.41, 5.74) is 5.15. The fourth-order valence-electron chi connectivity index (χ4n) is 2.39. The first-order chi connectivity index (χ1) is 9.35. The van der Waals surface area contributed by atoms with E-state index in [1.807, 2.05) is 24.5 Å². The Hall–Kier alpha value is -1.70. The fraction of sp³-hybridized carbons (Fsp3) is 0.412. The third-order valence-corrected chi connectivity index (χ3v) is 3.32. The molecule has 0 saturated heterocycles. The van der Waals surface area contributed by atoms with E-state index < -0.39 is 0 Å². The third kappa shape index (κ3) is 3.63. The number of aryl methyl sites for hydroxylation is 2. The van der Waals surface area contributed by atoms with E-state index in [2.05, 4.69) is 35.9 Å². The molecule has 2 aromatic heterocycles. The lowest BCUT2D eigenvalue weighted by Gasteiger charge is -2.10. The quantitative estimate of drug-likeness (QED) is 0.779. The smallest absolute Gasteiger partial charge is 0.0438 e. The van der Waals surface area contributed by atoms with Crippen molar-refractivity contribution < 1.29 is 0 Å². The zero-order chi connectivity index (χ0) is 13.5. The van der Waals surface area contributed by atoms with Crippen LogP contribution in [0.25, 0.3) is 0 Å². The molecular formula is C17H22N2. The van der Waals surface area contributed by atoms with E-state index in [9.17, 15) is 0 Å². The van der Waals surface area contributed by atoms with Gasteiger partial charge in [0.1, 0.15) is 0 Å². The maximum Gasteiger partial charge on any atom is 0.0438 e. The molecule has 19 heavy (non-hydrogen) atoms. The highest BCUT2D eigenvalue weighted by atomic mass is 14.7. The lowest BCUT2D eigenvalue weighted by atomic mass is 9.99. The van der Waals surface area contributed by atoms with Gasteiger partial charge in [-0.3, -0.25) is 9.97 Å². The Morgan fingerprint density at radius 3 is 1.68 bits per heavy atom. The van der Waals surface area contributed by atoms with Crippen molar-refractivity contribution in [1.82, 2.24) is 9.97 Å². The van der Waals surface area contributed by atoms with Crippen LogP contribution in [-0.2, 0) is 19.3 Å². The third-order valence-electron chi connectivity index (χ3n) is 3.32. The Morgan fingerprint density at radius 1 is 0.789 bits per heavy atom. The molecule has 0 unspecified atom stereocenters. The molecule has 0 atom stereocenters. The molecule has 0 radical (unpaired) electrons. The summed E-state index contributed by atoms with van der Waals surface area (Å²) in [6, 6.07) is 8.45. The van der Waals surface area contributed by atoms with E-state index >= 15 is 0 Å². The van der Waals surface area contributed by atoms with Crippen LogP contribution in [0.1, 0.15) is 49.2 Å². The van der Waals surface area contributed by atoms with Gasteiger partial charge in [0.25, 0.3) is 0 Å². The molecule has 2 heterocycles. The van der Waals surface area contributed by atoms with Crippen molar-refractivity contribution in [1.29, 1.82) is 0 Å². The van der Waals surface area contributed by atoms with E-state index in [-0.39, 0.29) is 0 Å². The van der Waals surface area contributed by atoms with Crippen LogP contribution >= 0.6 is 0 Å². The highest BCUT2D eigenvalue weighted by Crippen LogP contribution is 2.17. The first-order valence-corrected chi connectivity index (χ1v) is 7.20. The Labute approximate surface area is 115 Å². The molecule has 0 aliphatic carbocycles. The van der Waals surface area contributed by atoms with Crippen molar-refractivity contribution in [2.24, 2.45) is 0 Å². The van der Waals surface area contributed by atoms with Crippen LogP contribution in [0.3, 0.4) is 0 Å². The Kier molecular flexibility index (Phi) is 5.08. The number of pyridine rings is 2. The molecular weight excluding hydrogens is 232 g/mol. The van der Waals surface area contributed by atoms with Crippen molar-refractivity contribution in [2.75, 3.05) is 0 Å². The first kappa shape index (κ1) is 13.7.